The maximum absolute atomic E-state index is 11.8. The molecule has 1 aliphatic rings. The molecule has 1 heterocycles. The number of carbonyl (C=O) groups is 1. The van der Waals surface area contributed by atoms with Crippen LogP contribution in [0, 0.1) is 0 Å². The molecule has 0 aromatic carbocycles. The van der Waals surface area contributed by atoms with Crippen LogP contribution < -0.4 is 5.73 Å². The van der Waals surface area contributed by atoms with E-state index in [9.17, 15) is 4.79 Å². The molecule has 0 spiro atoms. The highest BCUT2D eigenvalue weighted by molar-refractivity contribution is 5.74. The van der Waals surface area contributed by atoms with Crippen LogP contribution >= 0.6 is 0 Å². The fourth-order valence-electron chi connectivity index (χ4n) is 1.32. The molecule has 2 N–H and O–H groups in total. The van der Waals surface area contributed by atoms with Crippen LogP contribution in [0.1, 0.15) is 6.92 Å². The molecule has 1 rings (SSSR count). The summed E-state index contributed by atoms with van der Waals surface area (Å²) in [5, 5.41) is 0. The van der Waals surface area contributed by atoms with Gasteiger partial charge >= 0.3 is 6.03 Å². The Morgan fingerprint density at radius 2 is 2.14 bits per heavy atom. The lowest BCUT2D eigenvalue weighted by molar-refractivity contribution is 0.0429. The van der Waals surface area contributed by atoms with Crippen LogP contribution in [-0.2, 0) is 4.74 Å². The zero-order chi connectivity index (χ0) is 10.6. The van der Waals surface area contributed by atoms with E-state index in [1.807, 2.05) is 6.92 Å². The molecule has 1 aliphatic heterocycles. The van der Waals surface area contributed by atoms with Crippen molar-refractivity contribution in [3.8, 4) is 0 Å². The van der Waals surface area contributed by atoms with Crippen molar-refractivity contribution in [2.75, 3.05) is 39.9 Å². The fraction of sp³-hybridized carbons (Fsp3) is 0.889. The number of morpholine rings is 1. The third-order valence-corrected chi connectivity index (χ3v) is 2.59. The molecule has 0 aromatic heterocycles. The summed E-state index contributed by atoms with van der Waals surface area (Å²) in [5.74, 6) is 0. The summed E-state index contributed by atoms with van der Waals surface area (Å²) in [5.41, 5.74) is 5.50. The summed E-state index contributed by atoms with van der Waals surface area (Å²) in [4.78, 5) is 15.3. The van der Waals surface area contributed by atoms with Gasteiger partial charge in [-0.05, 0) is 6.92 Å². The van der Waals surface area contributed by atoms with Crippen molar-refractivity contribution in [2.24, 2.45) is 5.73 Å². The number of urea groups is 1. The normalized spacial score (nSPS) is 19.2. The number of hydrogen-bond donors (Lipinski definition) is 1. The number of nitrogens with zero attached hydrogens (tertiary/aromatic N) is 2. The zero-order valence-corrected chi connectivity index (χ0v) is 8.90. The Balaban J connectivity index is 2.46. The molecule has 0 radical (unpaired) electrons. The van der Waals surface area contributed by atoms with Gasteiger partial charge in [-0.1, -0.05) is 0 Å². The Bertz CT molecular complexity index is 188. The van der Waals surface area contributed by atoms with Gasteiger partial charge in [-0.15, -0.1) is 0 Å². The van der Waals surface area contributed by atoms with Gasteiger partial charge in [-0.2, -0.15) is 0 Å². The molecule has 14 heavy (non-hydrogen) atoms. The number of ether oxygens (including phenoxy) is 1. The first-order valence-corrected chi connectivity index (χ1v) is 4.96. The molecule has 0 aromatic rings. The van der Waals surface area contributed by atoms with Crippen molar-refractivity contribution < 1.29 is 9.53 Å². The van der Waals surface area contributed by atoms with Crippen LogP contribution in [0.3, 0.4) is 0 Å². The van der Waals surface area contributed by atoms with Crippen molar-refractivity contribution in [1.29, 1.82) is 0 Å². The van der Waals surface area contributed by atoms with Gasteiger partial charge in [-0.25, -0.2) is 4.79 Å². The van der Waals surface area contributed by atoms with Crippen LogP contribution in [-0.4, -0.2) is 61.8 Å². The van der Waals surface area contributed by atoms with Gasteiger partial charge in [0.25, 0.3) is 0 Å². The summed E-state index contributed by atoms with van der Waals surface area (Å²) in [6, 6.07) is 0.136. The molecular weight excluding hydrogens is 182 g/mol. The van der Waals surface area contributed by atoms with Crippen molar-refractivity contribution >= 4 is 6.03 Å². The second-order valence-electron chi connectivity index (χ2n) is 3.58. The van der Waals surface area contributed by atoms with E-state index in [4.69, 9.17) is 10.5 Å². The minimum Gasteiger partial charge on any atom is -0.378 e. The first-order valence-electron chi connectivity index (χ1n) is 4.96. The van der Waals surface area contributed by atoms with E-state index in [1.54, 1.807) is 16.8 Å². The second-order valence-corrected chi connectivity index (χ2v) is 3.58. The van der Waals surface area contributed by atoms with E-state index in [-0.39, 0.29) is 12.1 Å². The Hall–Kier alpha value is -0.810. The summed E-state index contributed by atoms with van der Waals surface area (Å²) in [7, 11) is 1.79. The van der Waals surface area contributed by atoms with E-state index in [0.29, 0.717) is 32.8 Å². The molecule has 0 bridgehead atoms. The third-order valence-electron chi connectivity index (χ3n) is 2.59. The first-order chi connectivity index (χ1) is 6.66. The van der Waals surface area contributed by atoms with E-state index in [0.717, 1.165) is 0 Å². The van der Waals surface area contributed by atoms with Gasteiger partial charge in [0, 0.05) is 32.7 Å². The Kier molecular flexibility index (Phi) is 4.16. The van der Waals surface area contributed by atoms with E-state index >= 15 is 0 Å². The maximum atomic E-state index is 11.8. The van der Waals surface area contributed by atoms with Gasteiger partial charge in [-0.3, -0.25) is 0 Å². The zero-order valence-electron chi connectivity index (χ0n) is 8.90. The number of carbonyl (C=O) groups excluding carboxylic acids is 1. The average molecular weight is 201 g/mol. The predicted molar refractivity (Wildman–Crippen MR) is 54.1 cm³/mol. The molecule has 5 heteroatoms. The lowest BCUT2D eigenvalue weighted by Gasteiger charge is -2.33. The Morgan fingerprint density at radius 3 is 2.64 bits per heavy atom. The first kappa shape index (κ1) is 11.3. The topological polar surface area (TPSA) is 58.8 Å². The van der Waals surface area contributed by atoms with Gasteiger partial charge in [0.2, 0.25) is 0 Å². The largest absolute Gasteiger partial charge is 0.378 e. The molecule has 0 aliphatic carbocycles. The highest BCUT2D eigenvalue weighted by atomic mass is 16.5. The molecule has 1 atom stereocenters. The minimum absolute atomic E-state index is 0.0475. The monoisotopic (exact) mass is 201 g/mol. The molecule has 82 valence electrons. The van der Waals surface area contributed by atoms with Crippen molar-refractivity contribution in [3.63, 3.8) is 0 Å². The SMILES string of the molecule is CC(CN)N(C)C(=O)N1CCOCC1. The van der Waals surface area contributed by atoms with Crippen LogP contribution in [0.25, 0.3) is 0 Å². The lowest BCUT2D eigenvalue weighted by Crippen LogP contribution is -2.50. The summed E-state index contributed by atoms with van der Waals surface area (Å²) in [6.07, 6.45) is 0. The number of likely N-dealkylation sites (N-methyl/N-ethyl adjacent to an activating group) is 1. The van der Waals surface area contributed by atoms with E-state index < -0.39 is 0 Å². The van der Waals surface area contributed by atoms with Crippen molar-refractivity contribution in [1.82, 2.24) is 9.80 Å². The van der Waals surface area contributed by atoms with Crippen molar-refractivity contribution in [3.05, 3.63) is 0 Å². The van der Waals surface area contributed by atoms with Gasteiger partial charge in [0.1, 0.15) is 0 Å². The Morgan fingerprint density at radius 1 is 1.57 bits per heavy atom. The number of hydrogen-bond acceptors (Lipinski definition) is 3. The third kappa shape index (κ3) is 2.59. The average Bonchev–Trinajstić information content (AvgIpc) is 2.27. The van der Waals surface area contributed by atoms with Crippen LogP contribution in [0.2, 0.25) is 0 Å². The summed E-state index contributed by atoms with van der Waals surface area (Å²) >= 11 is 0. The van der Waals surface area contributed by atoms with Crippen LogP contribution in [0.15, 0.2) is 0 Å². The fourth-order valence-corrected chi connectivity index (χ4v) is 1.32. The number of amides is 2. The van der Waals surface area contributed by atoms with Gasteiger partial charge in [0.05, 0.1) is 13.2 Å². The quantitative estimate of drug-likeness (QED) is 0.668. The van der Waals surface area contributed by atoms with Crippen molar-refractivity contribution in [2.45, 2.75) is 13.0 Å². The maximum Gasteiger partial charge on any atom is 0.320 e. The van der Waals surface area contributed by atoms with E-state index in [1.165, 1.54) is 0 Å². The molecule has 2 amide bonds. The molecule has 1 fully saturated rings. The summed E-state index contributed by atoms with van der Waals surface area (Å²) in [6.45, 7) is 5.07. The second kappa shape index (κ2) is 5.17. The van der Waals surface area contributed by atoms with Crippen LogP contribution in [0.4, 0.5) is 4.79 Å². The Labute approximate surface area is 84.8 Å². The highest BCUT2D eigenvalue weighted by Gasteiger charge is 2.22. The number of rotatable bonds is 2. The van der Waals surface area contributed by atoms with Gasteiger partial charge in [0.15, 0.2) is 0 Å². The highest BCUT2D eigenvalue weighted by Crippen LogP contribution is 2.04. The number of nitrogens with two attached hydrogens (primary N) is 1. The lowest BCUT2D eigenvalue weighted by atomic mass is 10.3. The smallest absolute Gasteiger partial charge is 0.320 e. The molecule has 1 unspecified atom stereocenters. The van der Waals surface area contributed by atoms with Gasteiger partial charge < -0.3 is 20.3 Å². The predicted octanol–water partition coefficient (Wildman–Crippen LogP) is -0.282. The summed E-state index contributed by atoms with van der Waals surface area (Å²) < 4.78 is 5.18. The van der Waals surface area contributed by atoms with Crippen LogP contribution in [0.5, 0.6) is 0 Å². The minimum atomic E-state index is 0.0475. The molecule has 5 nitrogen and oxygen atoms in total. The standard InChI is InChI=1S/C9H19N3O2/c1-8(7-10)11(2)9(13)12-3-5-14-6-4-12/h8H,3-7,10H2,1-2H3. The molecule has 1 saturated heterocycles. The molecule has 0 saturated carbocycles. The molecular formula is C9H19N3O2. The van der Waals surface area contributed by atoms with E-state index in [2.05, 4.69) is 0 Å².